The predicted molar refractivity (Wildman–Crippen MR) is 72.4 cm³/mol. The molecule has 6 heteroatoms. The number of nitrogens with zero attached hydrogens (tertiary/aromatic N) is 1. The summed E-state index contributed by atoms with van der Waals surface area (Å²) in [6.07, 6.45) is 0. The number of carbonyl (C=O) groups is 1. The van der Waals surface area contributed by atoms with Gasteiger partial charge in [0.1, 0.15) is 5.82 Å². The standard InChI is InChI=1S/C11H12BrFN2OS/c1-6(10(14)17)15(2)11(16)7-3-8(12)5-9(13)4-7/h3-6H,1-2H3,(H2,14,17). The van der Waals surface area contributed by atoms with Gasteiger partial charge in [0.2, 0.25) is 0 Å². The minimum atomic E-state index is -0.473. The van der Waals surface area contributed by atoms with Crippen LogP contribution in [0.25, 0.3) is 0 Å². The Kier molecular flexibility index (Phi) is 4.59. The fraction of sp³-hybridized carbons (Fsp3) is 0.273. The number of likely N-dealkylation sites (N-methyl/N-ethyl adjacent to an activating group) is 1. The summed E-state index contributed by atoms with van der Waals surface area (Å²) < 4.78 is 13.7. The van der Waals surface area contributed by atoms with Gasteiger partial charge in [-0.25, -0.2) is 4.39 Å². The highest BCUT2D eigenvalue weighted by Crippen LogP contribution is 2.16. The molecule has 0 saturated carbocycles. The molecule has 0 radical (unpaired) electrons. The van der Waals surface area contributed by atoms with E-state index in [4.69, 9.17) is 18.0 Å². The molecule has 1 rings (SSSR count). The van der Waals surface area contributed by atoms with Crippen LogP contribution in [-0.4, -0.2) is 28.9 Å². The molecule has 92 valence electrons. The highest BCUT2D eigenvalue weighted by Gasteiger charge is 2.20. The van der Waals surface area contributed by atoms with Gasteiger partial charge in [-0.15, -0.1) is 0 Å². The van der Waals surface area contributed by atoms with E-state index in [1.807, 2.05) is 0 Å². The molecular weight excluding hydrogens is 307 g/mol. The zero-order valence-corrected chi connectivity index (χ0v) is 11.8. The molecule has 0 saturated heterocycles. The molecule has 0 heterocycles. The minimum Gasteiger partial charge on any atom is -0.392 e. The van der Waals surface area contributed by atoms with Crippen LogP contribution in [-0.2, 0) is 0 Å². The Morgan fingerprint density at radius 3 is 2.59 bits per heavy atom. The molecular formula is C11H12BrFN2OS. The molecule has 0 aliphatic carbocycles. The van der Waals surface area contributed by atoms with Crippen molar-refractivity contribution in [2.45, 2.75) is 13.0 Å². The normalized spacial score (nSPS) is 12.0. The van der Waals surface area contributed by atoms with Gasteiger partial charge in [-0.2, -0.15) is 0 Å². The van der Waals surface area contributed by atoms with Crippen molar-refractivity contribution in [2.24, 2.45) is 5.73 Å². The molecule has 1 amide bonds. The topological polar surface area (TPSA) is 46.3 Å². The summed E-state index contributed by atoms with van der Waals surface area (Å²) >= 11 is 7.95. The number of thiocarbonyl (C=S) groups is 1. The number of halogens is 2. The number of benzene rings is 1. The highest BCUT2D eigenvalue weighted by molar-refractivity contribution is 9.10. The Hall–Kier alpha value is -1.01. The Balaban J connectivity index is 3.00. The van der Waals surface area contributed by atoms with Crippen molar-refractivity contribution in [3.05, 3.63) is 34.1 Å². The Morgan fingerprint density at radius 1 is 1.53 bits per heavy atom. The van der Waals surface area contributed by atoms with Crippen molar-refractivity contribution >= 4 is 39.0 Å². The molecule has 3 nitrogen and oxygen atoms in total. The molecule has 0 bridgehead atoms. The summed E-state index contributed by atoms with van der Waals surface area (Å²) in [5.41, 5.74) is 5.72. The summed E-state index contributed by atoms with van der Waals surface area (Å²) in [4.78, 5) is 13.6. The predicted octanol–water partition coefficient (Wildman–Crippen LogP) is 2.33. The van der Waals surface area contributed by atoms with Gasteiger partial charge in [0, 0.05) is 17.1 Å². The molecule has 0 spiro atoms. The van der Waals surface area contributed by atoms with Crippen LogP contribution >= 0.6 is 28.1 Å². The van der Waals surface area contributed by atoms with Gasteiger partial charge >= 0.3 is 0 Å². The van der Waals surface area contributed by atoms with Gasteiger partial charge in [0.25, 0.3) is 5.91 Å². The van der Waals surface area contributed by atoms with Crippen LogP contribution in [0.3, 0.4) is 0 Å². The van der Waals surface area contributed by atoms with Crippen molar-refractivity contribution < 1.29 is 9.18 Å². The van der Waals surface area contributed by atoms with Crippen LogP contribution in [0, 0.1) is 5.82 Å². The molecule has 1 aromatic rings. The summed E-state index contributed by atoms with van der Waals surface area (Å²) in [5.74, 6) is -0.801. The monoisotopic (exact) mass is 318 g/mol. The lowest BCUT2D eigenvalue weighted by molar-refractivity contribution is 0.0778. The maximum Gasteiger partial charge on any atom is 0.254 e. The van der Waals surface area contributed by atoms with E-state index in [0.717, 1.165) is 0 Å². The number of rotatable bonds is 3. The number of amides is 1. The van der Waals surface area contributed by atoms with E-state index in [2.05, 4.69) is 15.9 Å². The van der Waals surface area contributed by atoms with E-state index in [9.17, 15) is 9.18 Å². The maximum absolute atomic E-state index is 13.2. The van der Waals surface area contributed by atoms with E-state index < -0.39 is 5.82 Å². The van der Waals surface area contributed by atoms with Gasteiger partial charge in [0.05, 0.1) is 11.0 Å². The van der Waals surface area contributed by atoms with Crippen molar-refractivity contribution in [3.8, 4) is 0 Å². The van der Waals surface area contributed by atoms with Crippen molar-refractivity contribution in [1.29, 1.82) is 0 Å². The first-order valence-corrected chi connectivity index (χ1v) is 6.05. The number of carbonyl (C=O) groups excluding carboxylic acids is 1. The Bertz CT molecular complexity index is 447. The lowest BCUT2D eigenvalue weighted by atomic mass is 10.1. The van der Waals surface area contributed by atoms with E-state index >= 15 is 0 Å². The number of nitrogens with two attached hydrogens (primary N) is 1. The summed E-state index contributed by atoms with van der Waals surface area (Å²) in [7, 11) is 1.57. The summed E-state index contributed by atoms with van der Waals surface area (Å²) in [6.45, 7) is 1.72. The second-order valence-electron chi connectivity index (χ2n) is 3.65. The van der Waals surface area contributed by atoms with Gasteiger partial charge in [-0.05, 0) is 25.1 Å². The van der Waals surface area contributed by atoms with E-state index in [0.29, 0.717) is 4.47 Å². The summed E-state index contributed by atoms with van der Waals surface area (Å²) in [5, 5.41) is 0. The number of hydrogen-bond acceptors (Lipinski definition) is 2. The Morgan fingerprint density at radius 2 is 2.12 bits per heavy atom. The third-order valence-corrected chi connectivity index (χ3v) is 3.22. The molecule has 0 fully saturated rings. The molecule has 0 aliphatic rings. The fourth-order valence-electron chi connectivity index (χ4n) is 1.25. The van der Waals surface area contributed by atoms with E-state index in [1.54, 1.807) is 20.0 Å². The van der Waals surface area contributed by atoms with Crippen LogP contribution in [0.5, 0.6) is 0 Å². The van der Waals surface area contributed by atoms with Crippen molar-refractivity contribution in [2.75, 3.05) is 7.05 Å². The SMILES string of the molecule is CC(C(N)=S)N(C)C(=O)c1cc(F)cc(Br)c1. The second kappa shape index (κ2) is 5.55. The van der Waals surface area contributed by atoms with Gasteiger partial charge in [0.15, 0.2) is 0 Å². The quantitative estimate of drug-likeness (QED) is 0.870. The molecule has 1 aromatic carbocycles. The van der Waals surface area contributed by atoms with E-state index in [1.165, 1.54) is 17.0 Å². The van der Waals surface area contributed by atoms with Crippen LogP contribution < -0.4 is 5.73 Å². The molecule has 1 atom stereocenters. The second-order valence-corrected chi connectivity index (χ2v) is 5.04. The average Bonchev–Trinajstić information content (AvgIpc) is 2.24. The summed E-state index contributed by atoms with van der Waals surface area (Å²) in [6, 6.07) is 3.64. The zero-order valence-electron chi connectivity index (χ0n) is 9.41. The van der Waals surface area contributed by atoms with Gasteiger partial charge < -0.3 is 10.6 Å². The van der Waals surface area contributed by atoms with Gasteiger partial charge in [-0.1, -0.05) is 28.1 Å². The number of hydrogen-bond donors (Lipinski definition) is 1. The van der Waals surface area contributed by atoms with E-state index in [-0.39, 0.29) is 22.5 Å². The minimum absolute atomic E-state index is 0.219. The van der Waals surface area contributed by atoms with Crippen LogP contribution in [0.1, 0.15) is 17.3 Å². The average molecular weight is 319 g/mol. The lowest BCUT2D eigenvalue weighted by Gasteiger charge is -2.24. The first-order valence-electron chi connectivity index (χ1n) is 4.85. The van der Waals surface area contributed by atoms with Crippen molar-refractivity contribution in [3.63, 3.8) is 0 Å². The third kappa shape index (κ3) is 3.47. The smallest absolute Gasteiger partial charge is 0.254 e. The third-order valence-electron chi connectivity index (χ3n) is 2.42. The maximum atomic E-state index is 13.2. The van der Waals surface area contributed by atoms with Crippen LogP contribution in [0.2, 0.25) is 0 Å². The lowest BCUT2D eigenvalue weighted by Crippen LogP contribution is -2.42. The first kappa shape index (κ1) is 14.1. The first-order chi connectivity index (χ1) is 7.82. The van der Waals surface area contributed by atoms with Crippen molar-refractivity contribution in [1.82, 2.24) is 4.90 Å². The fourth-order valence-corrected chi connectivity index (χ4v) is 1.87. The van der Waals surface area contributed by atoms with Crippen LogP contribution in [0.4, 0.5) is 4.39 Å². The highest BCUT2D eigenvalue weighted by atomic mass is 79.9. The molecule has 1 unspecified atom stereocenters. The van der Waals surface area contributed by atoms with Crippen LogP contribution in [0.15, 0.2) is 22.7 Å². The molecule has 17 heavy (non-hydrogen) atoms. The van der Waals surface area contributed by atoms with Gasteiger partial charge in [-0.3, -0.25) is 4.79 Å². The zero-order chi connectivity index (χ0) is 13.2. The molecule has 0 aliphatic heterocycles. The molecule has 2 N–H and O–H groups in total. The Labute approximate surface area is 113 Å². The molecule has 0 aromatic heterocycles. The largest absolute Gasteiger partial charge is 0.392 e.